The van der Waals surface area contributed by atoms with Crippen molar-refractivity contribution in [3.8, 4) is 0 Å². The van der Waals surface area contributed by atoms with Gasteiger partial charge in [0, 0.05) is 28.8 Å². The Labute approximate surface area is 142 Å². The summed E-state index contributed by atoms with van der Waals surface area (Å²) < 4.78 is 1.68. The number of nitrogens with one attached hydrogen (secondary N) is 1. The third-order valence-electron chi connectivity index (χ3n) is 3.79. The number of amides is 1. The summed E-state index contributed by atoms with van der Waals surface area (Å²) in [5.41, 5.74) is 2.40. The fraction of sp³-hybridized carbons (Fsp3) is 0.467. The number of thiazole rings is 1. The molecule has 2 aromatic rings. The van der Waals surface area contributed by atoms with Gasteiger partial charge in [-0.25, -0.2) is 9.97 Å². The second kappa shape index (κ2) is 6.45. The minimum absolute atomic E-state index is 0.0112. The molecule has 1 amide bonds. The molecule has 1 N–H and O–H groups in total. The Bertz CT molecular complexity index is 812. The van der Waals surface area contributed by atoms with Crippen LogP contribution in [0.3, 0.4) is 0 Å². The van der Waals surface area contributed by atoms with Gasteiger partial charge in [-0.15, -0.1) is 11.3 Å². The number of thioether (sulfide) groups is 1. The van der Waals surface area contributed by atoms with Crippen LogP contribution in [0.1, 0.15) is 36.3 Å². The molecule has 0 spiro atoms. The molecule has 3 heterocycles. The molecule has 1 aliphatic rings. The van der Waals surface area contributed by atoms with Crippen molar-refractivity contribution in [3.63, 3.8) is 0 Å². The van der Waals surface area contributed by atoms with Crippen molar-refractivity contribution in [2.24, 2.45) is 0 Å². The van der Waals surface area contributed by atoms with Crippen LogP contribution in [0.4, 0.5) is 5.13 Å². The summed E-state index contributed by atoms with van der Waals surface area (Å²) in [6, 6.07) is -0.151. The van der Waals surface area contributed by atoms with Gasteiger partial charge in [0.15, 0.2) is 10.3 Å². The Balaban J connectivity index is 1.80. The van der Waals surface area contributed by atoms with E-state index < -0.39 is 0 Å². The van der Waals surface area contributed by atoms with E-state index in [9.17, 15) is 9.59 Å². The van der Waals surface area contributed by atoms with Crippen molar-refractivity contribution in [2.45, 2.75) is 44.8 Å². The third kappa shape index (κ3) is 3.18. The van der Waals surface area contributed by atoms with Gasteiger partial charge in [-0.3, -0.25) is 14.2 Å². The Morgan fingerprint density at radius 2 is 2.22 bits per heavy atom. The van der Waals surface area contributed by atoms with Gasteiger partial charge < -0.3 is 5.32 Å². The van der Waals surface area contributed by atoms with Crippen LogP contribution < -0.4 is 10.9 Å². The van der Waals surface area contributed by atoms with Crippen molar-refractivity contribution in [2.75, 3.05) is 11.1 Å². The van der Waals surface area contributed by atoms with Crippen molar-refractivity contribution in [1.29, 1.82) is 0 Å². The first-order valence-corrected chi connectivity index (χ1v) is 9.33. The van der Waals surface area contributed by atoms with Gasteiger partial charge in [0.25, 0.3) is 5.56 Å². The predicted molar refractivity (Wildman–Crippen MR) is 92.5 cm³/mol. The number of nitrogens with zero attached hydrogens (tertiary/aromatic N) is 3. The standard InChI is InChI=1S/C15H18N4O2S2/c1-4-11-9(3)17-15-19(13(11)21)10(7-23-15)5-12(20)18-14-16-8(2)6-22-14/h6,10H,4-5,7H2,1-3H3,(H,16,18,20). The van der Waals surface area contributed by atoms with Gasteiger partial charge in [0.05, 0.1) is 11.7 Å². The molecule has 3 rings (SSSR count). The lowest BCUT2D eigenvalue weighted by Crippen LogP contribution is -2.30. The van der Waals surface area contributed by atoms with Crippen molar-refractivity contribution >= 4 is 34.1 Å². The first-order chi connectivity index (χ1) is 11.0. The lowest BCUT2D eigenvalue weighted by atomic mass is 10.1. The van der Waals surface area contributed by atoms with Crippen LogP contribution in [-0.2, 0) is 11.2 Å². The first-order valence-electron chi connectivity index (χ1n) is 7.46. The molecule has 23 heavy (non-hydrogen) atoms. The maximum atomic E-state index is 12.6. The van der Waals surface area contributed by atoms with E-state index in [2.05, 4.69) is 15.3 Å². The molecule has 0 saturated heterocycles. The van der Waals surface area contributed by atoms with Crippen molar-refractivity contribution < 1.29 is 4.79 Å². The molecule has 1 atom stereocenters. The summed E-state index contributed by atoms with van der Waals surface area (Å²) in [7, 11) is 0. The van der Waals surface area contributed by atoms with Gasteiger partial charge in [-0.2, -0.15) is 0 Å². The molecule has 0 aromatic carbocycles. The Morgan fingerprint density at radius 3 is 2.87 bits per heavy atom. The zero-order valence-corrected chi connectivity index (χ0v) is 14.9. The number of rotatable bonds is 4. The number of hydrogen-bond acceptors (Lipinski definition) is 6. The summed E-state index contributed by atoms with van der Waals surface area (Å²) in [6.07, 6.45) is 0.909. The van der Waals surface area contributed by atoms with Gasteiger partial charge in [-0.1, -0.05) is 18.7 Å². The molecule has 6 nitrogen and oxygen atoms in total. The number of hydrogen-bond donors (Lipinski definition) is 1. The highest BCUT2D eigenvalue weighted by Crippen LogP contribution is 2.32. The van der Waals surface area contributed by atoms with Crippen LogP contribution in [0.25, 0.3) is 0 Å². The number of aromatic nitrogens is 3. The van der Waals surface area contributed by atoms with Gasteiger partial charge in [0.2, 0.25) is 5.91 Å². The lowest BCUT2D eigenvalue weighted by molar-refractivity contribution is -0.116. The number of aryl methyl sites for hydroxylation is 2. The van der Waals surface area contributed by atoms with Crippen molar-refractivity contribution in [1.82, 2.24) is 14.5 Å². The Hall–Kier alpha value is -1.67. The largest absolute Gasteiger partial charge is 0.302 e. The fourth-order valence-electron chi connectivity index (χ4n) is 2.67. The van der Waals surface area contributed by atoms with Gasteiger partial charge in [0.1, 0.15) is 0 Å². The van der Waals surface area contributed by atoms with Gasteiger partial charge in [-0.05, 0) is 20.3 Å². The number of anilines is 1. The molecule has 0 saturated carbocycles. The van der Waals surface area contributed by atoms with E-state index in [1.807, 2.05) is 26.2 Å². The van der Waals surface area contributed by atoms with Crippen LogP contribution in [0.5, 0.6) is 0 Å². The normalized spacial score (nSPS) is 16.4. The molecule has 0 aliphatic carbocycles. The topological polar surface area (TPSA) is 76.9 Å². The average Bonchev–Trinajstić information content (AvgIpc) is 3.06. The minimum atomic E-state index is -0.151. The zero-order chi connectivity index (χ0) is 16.6. The Morgan fingerprint density at radius 1 is 1.43 bits per heavy atom. The second-order valence-corrected chi connectivity index (χ2v) is 7.34. The fourth-order valence-corrected chi connectivity index (χ4v) is 4.56. The average molecular weight is 350 g/mol. The molecule has 122 valence electrons. The van der Waals surface area contributed by atoms with E-state index in [-0.39, 0.29) is 23.9 Å². The smallest absolute Gasteiger partial charge is 0.257 e. The number of fused-ring (bicyclic) bond motifs is 1. The molecular formula is C15H18N4O2S2. The molecule has 2 aromatic heterocycles. The van der Waals surface area contributed by atoms with E-state index in [0.29, 0.717) is 22.5 Å². The lowest BCUT2D eigenvalue weighted by Gasteiger charge is -2.14. The first kappa shape index (κ1) is 16.2. The molecule has 0 fully saturated rings. The SMILES string of the molecule is CCc1c(C)nc2n(c1=O)C(CC(=O)Nc1nc(C)cs1)CS2. The highest BCUT2D eigenvalue weighted by molar-refractivity contribution is 7.99. The molecule has 1 aliphatic heterocycles. The van der Waals surface area contributed by atoms with Crippen LogP contribution in [-0.4, -0.2) is 26.2 Å². The molecule has 0 bridgehead atoms. The molecule has 1 unspecified atom stereocenters. The molecule has 8 heteroatoms. The summed E-state index contributed by atoms with van der Waals surface area (Å²) in [4.78, 5) is 33.6. The number of carbonyl (C=O) groups excluding carboxylic acids is 1. The number of carbonyl (C=O) groups is 1. The summed E-state index contributed by atoms with van der Waals surface area (Å²) in [5.74, 6) is 0.572. The summed E-state index contributed by atoms with van der Waals surface area (Å²) in [5, 5.41) is 6.01. The minimum Gasteiger partial charge on any atom is -0.302 e. The quantitative estimate of drug-likeness (QED) is 0.858. The Kier molecular flexibility index (Phi) is 4.54. The maximum Gasteiger partial charge on any atom is 0.257 e. The monoisotopic (exact) mass is 350 g/mol. The van der Waals surface area contributed by atoms with Crippen LogP contribution in [0.2, 0.25) is 0 Å². The predicted octanol–water partition coefficient (Wildman–Crippen LogP) is 2.55. The van der Waals surface area contributed by atoms with E-state index in [0.717, 1.165) is 17.0 Å². The van der Waals surface area contributed by atoms with Gasteiger partial charge >= 0.3 is 0 Å². The van der Waals surface area contributed by atoms with E-state index in [4.69, 9.17) is 0 Å². The summed E-state index contributed by atoms with van der Waals surface area (Å²) in [6.45, 7) is 5.70. The van der Waals surface area contributed by atoms with E-state index in [1.165, 1.54) is 23.1 Å². The third-order valence-corrected chi connectivity index (χ3v) is 5.77. The molecular weight excluding hydrogens is 332 g/mol. The van der Waals surface area contributed by atoms with Crippen LogP contribution in [0, 0.1) is 13.8 Å². The van der Waals surface area contributed by atoms with E-state index >= 15 is 0 Å². The van der Waals surface area contributed by atoms with Crippen LogP contribution in [0.15, 0.2) is 15.3 Å². The van der Waals surface area contributed by atoms with E-state index in [1.54, 1.807) is 4.57 Å². The van der Waals surface area contributed by atoms with Crippen LogP contribution >= 0.6 is 23.1 Å². The summed E-state index contributed by atoms with van der Waals surface area (Å²) >= 11 is 2.94. The van der Waals surface area contributed by atoms with Crippen molar-refractivity contribution in [3.05, 3.63) is 32.7 Å². The maximum absolute atomic E-state index is 12.6. The highest BCUT2D eigenvalue weighted by Gasteiger charge is 2.29. The zero-order valence-electron chi connectivity index (χ0n) is 13.3. The second-order valence-electron chi connectivity index (χ2n) is 5.50. The highest BCUT2D eigenvalue weighted by atomic mass is 32.2. The molecule has 0 radical (unpaired) electrons.